The fourth-order valence-corrected chi connectivity index (χ4v) is 2.20. The van der Waals surface area contributed by atoms with Crippen molar-refractivity contribution in [2.75, 3.05) is 14.1 Å². The Kier molecular flexibility index (Phi) is 3.69. The molecule has 0 radical (unpaired) electrons. The molecule has 1 saturated heterocycles. The highest BCUT2D eigenvalue weighted by Gasteiger charge is 2.55. The van der Waals surface area contributed by atoms with Crippen LogP contribution in [0.2, 0.25) is 0 Å². The van der Waals surface area contributed by atoms with Crippen molar-refractivity contribution in [2.24, 2.45) is 5.41 Å². The zero-order chi connectivity index (χ0) is 14.1. The molecule has 1 aliphatic heterocycles. The first kappa shape index (κ1) is 14.1. The molecule has 98 valence electrons. The van der Waals surface area contributed by atoms with Crippen LogP contribution in [0, 0.1) is 5.41 Å². The molecule has 4 amide bonds. The van der Waals surface area contributed by atoms with E-state index < -0.39 is 23.3 Å². The van der Waals surface area contributed by atoms with Gasteiger partial charge in [-0.05, 0) is 13.3 Å². The molecule has 1 heterocycles. The van der Waals surface area contributed by atoms with Crippen LogP contribution in [0.5, 0.6) is 0 Å². The van der Waals surface area contributed by atoms with Crippen LogP contribution in [0.3, 0.4) is 0 Å². The van der Waals surface area contributed by atoms with Crippen LogP contribution in [0.15, 0.2) is 12.7 Å². The van der Waals surface area contributed by atoms with E-state index in [9.17, 15) is 19.2 Å². The molecule has 0 bridgehead atoms. The van der Waals surface area contributed by atoms with Crippen LogP contribution in [-0.2, 0) is 14.4 Å². The number of ketones is 1. The third-order valence-electron chi connectivity index (χ3n) is 3.05. The van der Waals surface area contributed by atoms with Gasteiger partial charge in [0.25, 0.3) is 0 Å². The summed E-state index contributed by atoms with van der Waals surface area (Å²) in [5.74, 6) is -1.58. The maximum absolute atomic E-state index is 12.2. The van der Waals surface area contributed by atoms with Gasteiger partial charge in [0, 0.05) is 20.5 Å². The molecular formula is C12H16N2O4. The van der Waals surface area contributed by atoms with Crippen molar-refractivity contribution in [2.45, 2.75) is 19.8 Å². The summed E-state index contributed by atoms with van der Waals surface area (Å²) < 4.78 is 0. The van der Waals surface area contributed by atoms with E-state index >= 15 is 0 Å². The average molecular weight is 252 g/mol. The van der Waals surface area contributed by atoms with Gasteiger partial charge in [-0.1, -0.05) is 6.08 Å². The van der Waals surface area contributed by atoms with E-state index in [1.807, 2.05) is 0 Å². The normalized spacial score (nSPS) is 19.2. The van der Waals surface area contributed by atoms with Crippen molar-refractivity contribution in [1.29, 1.82) is 0 Å². The van der Waals surface area contributed by atoms with Gasteiger partial charge in [-0.25, -0.2) is 4.79 Å². The number of barbiturate groups is 1. The molecule has 0 saturated carbocycles. The van der Waals surface area contributed by atoms with E-state index in [4.69, 9.17) is 0 Å². The van der Waals surface area contributed by atoms with Crippen molar-refractivity contribution < 1.29 is 19.2 Å². The largest absolute Gasteiger partial charge is 0.332 e. The summed E-state index contributed by atoms with van der Waals surface area (Å²) in [4.78, 5) is 49.1. The second kappa shape index (κ2) is 4.72. The predicted molar refractivity (Wildman–Crippen MR) is 63.5 cm³/mol. The second-order valence-electron chi connectivity index (χ2n) is 4.46. The quantitative estimate of drug-likeness (QED) is 0.541. The predicted octanol–water partition coefficient (Wildman–Crippen LogP) is 0.578. The fourth-order valence-electron chi connectivity index (χ4n) is 2.20. The van der Waals surface area contributed by atoms with Crippen molar-refractivity contribution >= 4 is 23.6 Å². The molecule has 18 heavy (non-hydrogen) atoms. The van der Waals surface area contributed by atoms with Crippen LogP contribution < -0.4 is 0 Å². The third kappa shape index (κ3) is 1.94. The minimum Gasteiger partial charge on any atom is -0.300 e. The molecule has 0 atom stereocenters. The van der Waals surface area contributed by atoms with Crippen LogP contribution in [0.4, 0.5) is 4.79 Å². The Labute approximate surface area is 105 Å². The Hall–Kier alpha value is -1.98. The highest BCUT2D eigenvalue weighted by Crippen LogP contribution is 2.35. The smallest absolute Gasteiger partial charge is 0.300 e. The van der Waals surface area contributed by atoms with Gasteiger partial charge < -0.3 is 0 Å². The van der Waals surface area contributed by atoms with E-state index in [1.165, 1.54) is 27.1 Å². The van der Waals surface area contributed by atoms with Crippen LogP contribution in [0.1, 0.15) is 19.8 Å². The highest BCUT2D eigenvalue weighted by molar-refractivity contribution is 6.20. The molecule has 0 spiro atoms. The molecule has 0 aromatic carbocycles. The average Bonchev–Trinajstić information content (AvgIpc) is 2.31. The number of nitrogens with zero attached hydrogens (tertiary/aromatic N) is 2. The number of amides is 4. The van der Waals surface area contributed by atoms with Crippen LogP contribution >= 0.6 is 0 Å². The van der Waals surface area contributed by atoms with Gasteiger partial charge in [0.1, 0.15) is 11.2 Å². The van der Waals surface area contributed by atoms with Gasteiger partial charge >= 0.3 is 6.03 Å². The first-order valence-electron chi connectivity index (χ1n) is 5.48. The van der Waals surface area contributed by atoms with E-state index in [0.717, 1.165) is 9.80 Å². The maximum atomic E-state index is 12.2. The molecule has 6 nitrogen and oxygen atoms in total. The lowest BCUT2D eigenvalue weighted by atomic mass is 9.76. The second-order valence-corrected chi connectivity index (χ2v) is 4.46. The van der Waals surface area contributed by atoms with E-state index in [-0.39, 0.29) is 18.6 Å². The van der Waals surface area contributed by atoms with Gasteiger partial charge in [0.2, 0.25) is 11.8 Å². The lowest BCUT2D eigenvalue weighted by molar-refractivity contribution is -0.159. The van der Waals surface area contributed by atoms with Gasteiger partial charge in [-0.3, -0.25) is 24.2 Å². The Morgan fingerprint density at radius 3 is 2.00 bits per heavy atom. The van der Waals surface area contributed by atoms with Gasteiger partial charge in [-0.2, -0.15) is 0 Å². The molecule has 0 aromatic rings. The summed E-state index contributed by atoms with van der Waals surface area (Å²) >= 11 is 0. The number of carbonyl (C=O) groups is 4. The van der Waals surface area contributed by atoms with E-state index in [1.54, 1.807) is 0 Å². The molecular weight excluding hydrogens is 236 g/mol. The number of Topliss-reactive ketones (excluding diaryl/α,β-unsaturated/α-hetero) is 1. The van der Waals surface area contributed by atoms with E-state index in [2.05, 4.69) is 6.58 Å². The lowest BCUT2D eigenvalue weighted by Crippen LogP contribution is -2.63. The molecule has 1 rings (SSSR count). The van der Waals surface area contributed by atoms with Crippen molar-refractivity contribution in [3.8, 4) is 0 Å². The number of imide groups is 2. The number of hydrogen-bond acceptors (Lipinski definition) is 4. The Morgan fingerprint density at radius 2 is 1.67 bits per heavy atom. The topological polar surface area (TPSA) is 74.8 Å². The van der Waals surface area contributed by atoms with Gasteiger partial charge in [-0.15, -0.1) is 6.58 Å². The van der Waals surface area contributed by atoms with Crippen molar-refractivity contribution in [3.05, 3.63) is 12.7 Å². The zero-order valence-corrected chi connectivity index (χ0v) is 10.7. The Morgan fingerprint density at radius 1 is 1.22 bits per heavy atom. The van der Waals surface area contributed by atoms with Gasteiger partial charge in [0.15, 0.2) is 0 Å². The van der Waals surface area contributed by atoms with Crippen molar-refractivity contribution in [3.63, 3.8) is 0 Å². The number of urea groups is 1. The summed E-state index contributed by atoms with van der Waals surface area (Å²) in [6, 6.07) is -0.687. The molecule has 0 aliphatic carbocycles. The standard InChI is InChI=1S/C12H16N2O4/c1-5-6-12(7-8(2)15)9(16)13(3)11(18)14(4)10(12)17/h5H,1,6-7H2,2-4H3. The minimum atomic E-state index is -1.52. The molecule has 0 unspecified atom stereocenters. The maximum Gasteiger partial charge on any atom is 0.332 e. The summed E-state index contributed by atoms with van der Waals surface area (Å²) in [5.41, 5.74) is -1.52. The zero-order valence-electron chi connectivity index (χ0n) is 10.7. The van der Waals surface area contributed by atoms with Crippen molar-refractivity contribution in [1.82, 2.24) is 9.80 Å². The first-order chi connectivity index (χ1) is 8.27. The highest BCUT2D eigenvalue weighted by atomic mass is 16.2. The van der Waals surface area contributed by atoms with E-state index in [0.29, 0.717) is 0 Å². The molecule has 1 fully saturated rings. The monoisotopic (exact) mass is 252 g/mol. The van der Waals surface area contributed by atoms with Crippen LogP contribution in [0.25, 0.3) is 0 Å². The third-order valence-corrected chi connectivity index (χ3v) is 3.05. The Balaban J connectivity index is 3.32. The lowest BCUT2D eigenvalue weighted by Gasteiger charge is -2.40. The summed E-state index contributed by atoms with van der Waals surface area (Å²) in [6.07, 6.45) is 1.22. The first-order valence-corrected chi connectivity index (χ1v) is 5.48. The number of carbonyl (C=O) groups excluding carboxylic acids is 4. The molecule has 6 heteroatoms. The number of rotatable bonds is 4. The SMILES string of the molecule is C=CCC1(CC(C)=O)C(=O)N(C)C(=O)N(C)C1=O. The number of allylic oxidation sites excluding steroid dienone is 1. The molecule has 0 N–H and O–H groups in total. The summed E-state index contributed by atoms with van der Waals surface area (Å²) in [7, 11) is 2.59. The fraction of sp³-hybridized carbons (Fsp3) is 0.500. The number of hydrogen-bond donors (Lipinski definition) is 0. The molecule has 1 aliphatic rings. The molecule has 0 aromatic heterocycles. The van der Waals surface area contributed by atoms with Gasteiger partial charge in [0.05, 0.1) is 0 Å². The minimum absolute atomic E-state index is 0.0339. The summed E-state index contributed by atoms with van der Waals surface area (Å²) in [5, 5.41) is 0. The Bertz CT molecular complexity index is 417. The van der Waals surface area contributed by atoms with Crippen LogP contribution in [-0.4, -0.2) is 47.5 Å². The summed E-state index contributed by atoms with van der Waals surface area (Å²) in [6.45, 7) is 4.81.